The topological polar surface area (TPSA) is 15.3 Å². The van der Waals surface area contributed by atoms with Crippen LogP contribution in [-0.4, -0.2) is 36.6 Å². The fourth-order valence-electron chi connectivity index (χ4n) is 3.04. The highest BCUT2D eigenvalue weighted by Gasteiger charge is 2.34. The van der Waals surface area contributed by atoms with E-state index in [4.69, 9.17) is 0 Å². The van der Waals surface area contributed by atoms with E-state index < -0.39 is 0 Å². The van der Waals surface area contributed by atoms with Crippen molar-refractivity contribution in [3.05, 3.63) is 0 Å². The summed E-state index contributed by atoms with van der Waals surface area (Å²) in [5.74, 6) is 0.808. The first-order valence-corrected chi connectivity index (χ1v) is 7.40. The van der Waals surface area contributed by atoms with Gasteiger partial charge in [-0.25, -0.2) is 0 Å². The molecule has 17 heavy (non-hydrogen) atoms. The van der Waals surface area contributed by atoms with E-state index in [1.54, 1.807) is 0 Å². The van der Waals surface area contributed by atoms with Crippen molar-refractivity contribution in [1.29, 1.82) is 0 Å². The minimum Gasteiger partial charge on any atom is -0.315 e. The van der Waals surface area contributed by atoms with Crippen molar-refractivity contribution in [2.75, 3.05) is 20.1 Å². The van der Waals surface area contributed by atoms with Crippen LogP contribution in [-0.2, 0) is 0 Å². The lowest BCUT2D eigenvalue weighted by molar-refractivity contribution is 0.0590. The van der Waals surface area contributed by atoms with Crippen LogP contribution in [0.25, 0.3) is 0 Å². The van der Waals surface area contributed by atoms with Gasteiger partial charge in [0.05, 0.1) is 0 Å². The van der Waals surface area contributed by atoms with Crippen LogP contribution in [0.1, 0.15) is 59.8 Å². The number of nitrogens with zero attached hydrogens (tertiary/aromatic N) is 1. The molecule has 2 nitrogen and oxygen atoms in total. The Kier molecular flexibility index (Phi) is 5.94. The van der Waals surface area contributed by atoms with Gasteiger partial charge in [-0.2, -0.15) is 0 Å². The summed E-state index contributed by atoms with van der Waals surface area (Å²) >= 11 is 0. The zero-order valence-corrected chi connectivity index (χ0v) is 12.6. The van der Waals surface area contributed by atoms with Gasteiger partial charge in [-0.3, -0.25) is 4.90 Å². The van der Waals surface area contributed by atoms with Gasteiger partial charge in [0, 0.05) is 11.6 Å². The molecule has 1 fully saturated rings. The molecule has 0 amide bonds. The van der Waals surface area contributed by atoms with Crippen LogP contribution in [0.2, 0.25) is 0 Å². The van der Waals surface area contributed by atoms with Crippen molar-refractivity contribution < 1.29 is 0 Å². The summed E-state index contributed by atoms with van der Waals surface area (Å²) in [5, 5.41) is 3.55. The summed E-state index contributed by atoms with van der Waals surface area (Å²) in [6.45, 7) is 12.0. The minimum absolute atomic E-state index is 0.296. The van der Waals surface area contributed by atoms with Crippen LogP contribution in [0.3, 0.4) is 0 Å². The third-order valence-corrected chi connectivity index (χ3v) is 4.41. The van der Waals surface area contributed by atoms with Crippen molar-refractivity contribution in [3.63, 3.8) is 0 Å². The lowest BCUT2D eigenvalue weighted by Gasteiger charge is -2.46. The van der Waals surface area contributed by atoms with E-state index in [0.29, 0.717) is 11.6 Å². The van der Waals surface area contributed by atoms with Crippen LogP contribution in [0.5, 0.6) is 0 Å². The second-order valence-corrected chi connectivity index (χ2v) is 6.51. The fraction of sp³-hybridized carbons (Fsp3) is 1.00. The van der Waals surface area contributed by atoms with Gasteiger partial charge in [0.15, 0.2) is 0 Å². The highest BCUT2D eigenvalue weighted by molar-refractivity contribution is 4.94. The Morgan fingerprint density at radius 1 is 1.06 bits per heavy atom. The van der Waals surface area contributed by atoms with Crippen LogP contribution < -0.4 is 5.32 Å². The zero-order chi connectivity index (χ0) is 12.9. The van der Waals surface area contributed by atoms with Gasteiger partial charge < -0.3 is 5.32 Å². The smallest absolute Gasteiger partial charge is 0.0306 e. The van der Waals surface area contributed by atoms with E-state index in [1.807, 2.05) is 0 Å². The monoisotopic (exact) mass is 240 g/mol. The Morgan fingerprint density at radius 2 is 1.65 bits per heavy atom. The molecule has 0 radical (unpaired) electrons. The molecule has 0 bridgehead atoms. The van der Waals surface area contributed by atoms with Crippen molar-refractivity contribution in [2.45, 2.75) is 71.4 Å². The zero-order valence-electron chi connectivity index (χ0n) is 12.6. The number of hydrogen-bond donors (Lipinski definition) is 1. The normalized spacial score (nSPS) is 20.8. The summed E-state index contributed by atoms with van der Waals surface area (Å²) in [5.41, 5.74) is 0.296. The van der Waals surface area contributed by atoms with Gasteiger partial charge in [-0.1, -0.05) is 20.3 Å². The lowest BCUT2D eigenvalue weighted by atomic mass is 9.86. The Labute approximate surface area is 108 Å². The number of piperidine rings is 1. The van der Waals surface area contributed by atoms with Crippen LogP contribution >= 0.6 is 0 Å². The average Bonchev–Trinajstić information content (AvgIpc) is 2.30. The Hall–Kier alpha value is -0.0800. The van der Waals surface area contributed by atoms with Crippen molar-refractivity contribution in [2.24, 2.45) is 5.92 Å². The largest absolute Gasteiger partial charge is 0.315 e. The summed E-state index contributed by atoms with van der Waals surface area (Å²) in [4.78, 5) is 2.69. The van der Waals surface area contributed by atoms with E-state index >= 15 is 0 Å². The number of hydrogen-bond acceptors (Lipinski definition) is 2. The Balaban J connectivity index is 2.56. The van der Waals surface area contributed by atoms with Gasteiger partial charge in [0.2, 0.25) is 0 Å². The standard InChI is InChI=1S/C15H32N2/c1-13(2)9-10-14(16-5)15(3,4)17-11-7-6-8-12-17/h13-14,16H,6-12H2,1-5H3. The molecular weight excluding hydrogens is 208 g/mol. The SMILES string of the molecule is CNC(CCC(C)C)C(C)(C)N1CCCCC1. The summed E-state index contributed by atoms with van der Waals surface area (Å²) in [6, 6.07) is 0.614. The first kappa shape index (κ1) is 15.0. The quantitative estimate of drug-likeness (QED) is 0.766. The minimum atomic E-state index is 0.296. The third kappa shape index (κ3) is 4.26. The lowest BCUT2D eigenvalue weighted by Crippen LogP contribution is -2.58. The average molecular weight is 240 g/mol. The van der Waals surface area contributed by atoms with E-state index in [-0.39, 0.29) is 0 Å². The molecule has 1 atom stereocenters. The van der Waals surface area contributed by atoms with Gasteiger partial charge in [-0.15, -0.1) is 0 Å². The number of nitrogens with one attached hydrogen (secondary N) is 1. The maximum atomic E-state index is 3.55. The summed E-state index contributed by atoms with van der Waals surface area (Å²) in [6.07, 6.45) is 6.79. The first-order valence-electron chi connectivity index (χ1n) is 7.40. The van der Waals surface area contributed by atoms with Crippen molar-refractivity contribution in [1.82, 2.24) is 10.2 Å². The van der Waals surface area contributed by atoms with E-state index in [1.165, 1.54) is 45.2 Å². The molecule has 1 unspecified atom stereocenters. The molecule has 0 aliphatic carbocycles. The number of likely N-dealkylation sites (tertiary alicyclic amines) is 1. The maximum absolute atomic E-state index is 3.55. The molecule has 1 aliphatic rings. The molecule has 0 aromatic carbocycles. The third-order valence-electron chi connectivity index (χ3n) is 4.41. The van der Waals surface area contributed by atoms with Gasteiger partial charge in [0.25, 0.3) is 0 Å². The molecule has 0 saturated carbocycles. The van der Waals surface area contributed by atoms with Crippen LogP contribution in [0.4, 0.5) is 0 Å². The van der Waals surface area contributed by atoms with E-state index in [9.17, 15) is 0 Å². The molecule has 0 aromatic heterocycles. The predicted octanol–water partition coefficient (Wildman–Crippen LogP) is 3.28. The molecule has 0 spiro atoms. The molecule has 1 saturated heterocycles. The molecule has 1 heterocycles. The molecule has 102 valence electrons. The molecular formula is C15H32N2. The second-order valence-electron chi connectivity index (χ2n) is 6.51. The van der Waals surface area contributed by atoms with E-state index in [0.717, 1.165) is 5.92 Å². The van der Waals surface area contributed by atoms with Crippen molar-refractivity contribution in [3.8, 4) is 0 Å². The highest BCUT2D eigenvalue weighted by atomic mass is 15.2. The van der Waals surface area contributed by atoms with Gasteiger partial charge in [0.1, 0.15) is 0 Å². The maximum Gasteiger partial charge on any atom is 0.0306 e. The second kappa shape index (κ2) is 6.75. The summed E-state index contributed by atoms with van der Waals surface area (Å²) < 4.78 is 0. The number of rotatable bonds is 6. The van der Waals surface area contributed by atoms with Crippen molar-refractivity contribution >= 4 is 0 Å². The molecule has 1 N–H and O–H groups in total. The number of likely N-dealkylation sites (N-methyl/N-ethyl adjacent to an activating group) is 1. The fourth-order valence-corrected chi connectivity index (χ4v) is 3.04. The van der Waals surface area contributed by atoms with Gasteiger partial charge >= 0.3 is 0 Å². The predicted molar refractivity (Wildman–Crippen MR) is 76.4 cm³/mol. The van der Waals surface area contributed by atoms with Crippen LogP contribution in [0.15, 0.2) is 0 Å². The molecule has 1 rings (SSSR count). The van der Waals surface area contributed by atoms with Gasteiger partial charge in [-0.05, 0) is 65.6 Å². The van der Waals surface area contributed by atoms with Crippen LogP contribution in [0, 0.1) is 5.92 Å². The first-order chi connectivity index (χ1) is 7.98. The summed E-state index contributed by atoms with van der Waals surface area (Å²) in [7, 11) is 2.12. The Bertz CT molecular complexity index is 205. The Morgan fingerprint density at radius 3 is 2.12 bits per heavy atom. The molecule has 0 aromatic rings. The molecule has 2 heteroatoms. The molecule has 1 aliphatic heterocycles. The highest BCUT2D eigenvalue weighted by Crippen LogP contribution is 2.26. The van der Waals surface area contributed by atoms with E-state index in [2.05, 4.69) is 45.0 Å².